The molecule has 0 amide bonds. The molecule has 0 radical (unpaired) electrons. The number of aliphatic carboxylic acids is 1. The van der Waals surface area contributed by atoms with Gasteiger partial charge in [-0.2, -0.15) is 0 Å². The number of imidazole rings is 1. The molecule has 0 bridgehead atoms. The summed E-state index contributed by atoms with van der Waals surface area (Å²) >= 11 is 0. The van der Waals surface area contributed by atoms with Gasteiger partial charge in [0.05, 0.1) is 17.5 Å². The van der Waals surface area contributed by atoms with E-state index in [2.05, 4.69) is 0 Å². The first-order valence-electron chi connectivity index (χ1n) is 8.45. The van der Waals surface area contributed by atoms with Crippen molar-refractivity contribution in [3.05, 3.63) is 47.8 Å². The molecule has 0 saturated heterocycles. The van der Waals surface area contributed by atoms with Crippen molar-refractivity contribution in [2.45, 2.75) is 19.4 Å². The van der Waals surface area contributed by atoms with Gasteiger partial charge in [0.1, 0.15) is 19.0 Å². The quantitative estimate of drug-likeness (QED) is 0.684. The third-order valence-electron chi connectivity index (χ3n) is 4.38. The second kappa shape index (κ2) is 6.59. The second-order valence-electron chi connectivity index (χ2n) is 6.23. The largest absolute Gasteiger partial charge is 0.486 e. The van der Waals surface area contributed by atoms with Crippen molar-refractivity contribution in [2.24, 2.45) is 0 Å². The normalized spacial score (nSPS) is 13.1. The van der Waals surface area contributed by atoms with Crippen molar-refractivity contribution in [1.29, 1.82) is 0 Å². The van der Waals surface area contributed by atoms with Gasteiger partial charge >= 0.3 is 5.97 Å². The summed E-state index contributed by atoms with van der Waals surface area (Å²) in [6.45, 7) is 1.35. The summed E-state index contributed by atoms with van der Waals surface area (Å²) in [5.41, 5.74) is 9.13. The summed E-state index contributed by atoms with van der Waals surface area (Å²) in [5, 5.41) is 9.10. The average Bonchev–Trinajstić information content (AvgIpc) is 2.96. The van der Waals surface area contributed by atoms with E-state index >= 15 is 0 Å². The molecule has 3 N–H and O–H groups in total. The third kappa shape index (κ3) is 3.15. The number of carboxylic acid groups (broad SMARTS) is 1. The molecule has 0 fully saturated rings. The van der Waals surface area contributed by atoms with E-state index in [0.29, 0.717) is 43.4 Å². The van der Waals surface area contributed by atoms with Gasteiger partial charge < -0.3 is 24.9 Å². The highest BCUT2D eigenvalue weighted by molar-refractivity contribution is 5.81. The van der Waals surface area contributed by atoms with Crippen LogP contribution in [0.5, 0.6) is 11.5 Å². The molecular formula is C19H19N3O4. The fraction of sp³-hybridized carbons (Fsp3) is 0.263. The zero-order valence-electron chi connectivity index (χ0n) is 14.1. The van der Waals surface area contributed by atoms with E-state index in [1.54, 1.807) is 0 Å². The molecule has 0 atom stereocenters. The molecule has 26 heavy (non-hydrogen) atoms. The molecule has 4 rings (SSSR count). The lowest BCUT2D eigenvalue weighted by molar-refractivity contribution is -0.137. The number of hydrogen-bond acceptors (Lipinski definition) is 5. The lowest BCUT2D eigenvalue weighted by atomic mass is 10.1. The Bertz CT molecular complexity index is 963. The number of fused-ring (bicyclic) bond motifs is 2. The van der Waals surface area contributed by atoms with Crippen LogP contribution in [0.1, 0.15) is 17.8 Å². The van der Waals surface area contributed by atoms with Crippen LogP contribution in [0.25, 0.3) is 11.0 Å². The molecule has 0 spiro atoms. The van der Waals surface area contributed by atoms with Gasteiger partial charge in [0.2, 0.25) is 0 Å². The van der Waals surface area contributed by atoms with Crippen LogP contribution < -0.4 is 15.2 Å². The van der Waals surface area contributed by atoms with Gasteiger partial charge in [-0.3, -0.25) is 4.79 Å². The zero-order valence-corrected chi connectivity index (χ0v) is 14.1. The lowest BCUT2D eigenvalue weighted by Gasteiger charge is -2.18. The molecular weight excluding hydrogens is 334 g/mol. The number of nitrogens with zero attached hydrogens (tertiary/aromatic N) is 2. The van der Waals surface area contributed by atoms with E-state index in [1.165, 1.54) is 0 Å². The van der Waals surface area contributed by atoms with Crippen molar-refractivity contribution in [1.82, 2.24) is 9.55 Å². The minimum Gasteiger partial charge on any atom is -0.486 e. The fourth-order valence-electron chi connectivity index (χ4n) is 3.12. The Kier molecular flexibility index (Phi) is 4.12. The van der Waals surface area contributed by atoms with Crippen LogP contribution in [0, 0.1) is 0 Å². The van der Waals surface area contributed by atoms with Crippen LogP contribution in [0.15, 0.2) is 36.4 Å². The number of aromatic nitrogens is 2. The number of anilines is 1. The number of benzene rings is 2. The molecule has 3 aromatic rings. The molecule has 0 aliphatic carbocycles. The monoisotopic (exact) mass is 353 g/mol. The number of carboxylic acids is 1. The van der Waals surface area contributed by atoms with Crippen LogP contribution in [0.4, 0.5) is 5.69 Å². The fourth-order valence-corrected chi connectivity index (χ4v) is 3.12. The van der Waals surface area contributed by atoms with E-state index in [-0.39, 0.29) is 6.42 Å². The average molecular weight is 353 g/mol. The highest BCUT2D eigenvalue weighted by Gasteiger charge is 2.18. The van der Waals surface area contributed by atoms with Crippen LogP contribution in [0.3, 0.4) is 0 Å². The molecule has 0 saturated carbocycles. The molecule has 1 aliphatic rings. The summed E-state index contributed by atoms with van der Waals surface area (Å²) < 4.78 is 13.2. The number of nitrogen functional groups attached to an aromatic ring is 1. The topological polar surface area (TPSA) is 99.6 Å². The molecule has 0 unspecified atom stereocenters. The van der Waals surface area contributed by atoms with Crippen LogP contribution >= 0.6 is 0 Å². The molecule has 134 valence electrons. The number of carbonyl (C=O) groups is 1. The Labute approximate surface area is 150 Å². The van der Waals surface area contributed by atoms with E-state index in [0.717, 1.165) is 22.4 Å². The first-order chi connectivity index (χ1) is 12.6. The molecule has 2 aromatic carbocycles. The number of aryl methyl sites for hydroxylation is 1. The predicted molar refractivity (Wildman–Crippen MR) is 96.6 cm³/mol. The van der Waals surface area contributed by atoms with E-state index < -0.39 is 5.97 Å². The molecule has 1 aliphatic heterocycles. The smallest absolute Gasteiger partial charge is 0.305 e. The minimum absolute atomic E-state index is 0.0225. The van der Waals surface area contributed by atoms with Gasteiger partial charge in [0, 0.05) is 30.8 Å². The van der Waals surface area contributed by atoms with Crippen molar-refractivity contribution in [3.63, 3.8) is 0 Å². The van der Waals surface area contributed by atoms with Gasteiger partial charge in [-0.05, 0) is 17.7 Å². The predicted octanol–water partition coefficient (Wildman–Crippen LogP) is 2.46. The van der Waals surface area contributed by atoms with Gasteiger partial charge in [0.15, 0.2) is 11.5 Å². The van der Waals surface area contributed by atoms with Gasteiger partial charge in [0.25, 0.3) is 0 Å². The van der Waals surface area contributed by atoms with Crippen molar-refractivity contribution in [3.8, 4) is 11.5 Å². The van der Waals surface area contributed by atoms with Gasteiger partial charge in [-0.15, -0.1) is 0 Å². The Balaban J connectivity index is 1.77. The molecule has 2 heterocycles. The van der Waals surface area contributed by atoms with E-state index in [1.807, 2.05) is 41.0 Å². The summed E-state index contributed by atoms with van der Waals surface area (Å²) in [4.78, 5) is 15.8. The maximum atomic E-state index is 11.1. The van der Waals surface area contributed by atoms with Crippen molar-refractivity contribution in [2.75, 3.05) is 18.9 Å². The van der Waals surface area contributed by atoms with Gasteiger partial charge in [-0.25, -0.2) is 4.98 Å². The van der Waals surface area contributed by atoms with Crippen LogP contribution in [0.2, 0.25) is 0 Å². The van der Waals surface area contributed by atoms with Crippen LogP contribution in [-0.2, 0) is 17.8 Å². The highest BCUT2D eigenvalue weighted by atomic mass is 16.6. The molecule has 7 heteroatoms. The summed E-state index contributed by atoms with van der Waals surface area (Å²) in [7, 11) is 0. The van der Waals surface area contributed by atoms with Crippen molar-refractivity contribution < 1.29 is 19.4 Å². The summed E-state index contributed by atoms with van der Waals surface area (Å²) in [6, 6.07) is 11.3. The lowest BCUT2D eigenvalue weighted by Crippen LogP contribution is -2.15. The Morgan fingerprint density at radius 2 is 1.85 bits per heavy atom. The number of ether oxygens (including phenoxy) is 2. The number of rotatable bonds is 5. The third-order valence-corrected chi connectivity index (χ3v) is 4.38. The van der Waals surface area contributed by atoms with Crippen LogP contribution in [-0.4, -0.2) is 33.8 Å². The maximum absolute atomic E-state index is 11.1. The van der Waals surface area contributed by atoms with E-state index in [9.17, 15) is 4.79 Å². The zero-order chi connectivity index (χ0) is 18.1. The highest BCUT2D eigenvalue weighted by Crippen LogP contribution is 2.35. The summed E-state index contributed by atoms with van der Waals surface area (Å²) in [6.07, 6.45) is 0.607. The van der Waals surface area contributed by atoms with Crippen molar-refractivity contribution >= 4 is 22.7 Å². The first-order valence-corrected chi connectivity index (χ1v) is 8.45. The number of nitrogens with two attached hydrogens (primary N) is 1. The van der Waals surface area contributed by atoms with E-state index in [4.69, 9.17) is 25.3 Å². The van der Waals surface area contributed by atoms with Gasteiger partial charge in [-0.1, -0.05) is 12.1 Å². The maximum Gasteiger partial charge on any atom is 0.305 e. The Morgan fingerprint density at radius 1 is 1.15 bits per heavy atom. The molecule has 1 aromatic heterocycles. The SMILES string of the molecule is Nc1ccc(Cc2nc3cc4c(cc3n2CCC(=O)O)OCCO4)cc1. The Hall–Kier alpha value is -3.22. The standard InChI is InChI=1S/C19H19N3O4/c20-13-3-1-12(2-4-13)9-18-21-14-10-16-17(26-8-7-25-16)11-15(14)22(18)6-5-19(23)24/h1-4,10-11H,5-9,20H2,(H,23,24). The minimum atomic E-state index is -0.845. The Morgan fingerprint density at radius 3 is 2.54 bits per heavy atom. The first kappa shape index (κ1) is 16.3. The summed E-state index contributed by atoms with van der Waals surface area (Å²) in [5.74, 6) is 1.29. The molecule has 7 nitrogen and oxygen atoms in total. The second-order valence-corrected chi connectivity index (χ2v) is 6.23. The number of hydrogen-bond donors (Lipinski definition) is 2.